The maximum Gasteiger partial charge on any atom is 0.255 e. The summed E-state index contributed by atoms with van der Waals surface area (Å²) in [6, 6.07) is 4.23. The lowest BCUT2D eigenvalue weighted by Crippen LogP contribution is -2.43. The summed E-state index contributed by atoms with van der Waals surface area (Å²) in [5, 5.41) is 0.195. The van der Waals surface area contributed by atoms with Crippen LogP contribution in [0.4, 0.5) is 4.39 Å². The van der Waals surface area contributed by atoms with Crippen LogP contribution >= 0.6 is 11.6 Å². The highest BCUT2D eigenvalue weighted by atomic mass is 35.5. The molecule has 0 N–H and O–H groups in total. The molecule has 1 aromatic rings. The average molecular weight is 270 g/mol. The molecule has 1 atom stereocenters. The number of hydrogen-bond acceptors (Lipinski definition) is 1. The van der Waals surface area contributed by atoms with Crippen LogP contribution in [0.25, 0.3) is 0 Å². The Labute approximate surface area is 112 Å². The molecule has 18 heavy (non-hydrogen) atoms. The third-order valence-electron chi connectivity index (χ3n) is 3.52. The van der Waals surface area contributed by atoms with Crippen molar-refractivity contribution < 1.29 is 9.18 Å². The fourth-order valence-electron chi connectivity index (χ4n) is 2.51. The maximum atomic E-state index is 13.0. The third-order valence-corrected chi connectivity index (χ3v) is 3.83. The van der Waals surface area contributed by atoms with E-state index in [1.54, 1.807) is 0 Å². The molecule has 0 aliphatic carbocycles. The fraction of sp³-hybridized carbons (Fsp3) is 0.500. The van der Waals surface area contributed by atoms with Crippen molar-refractivity contribution >= 4 is 17.5 Å². The molecule has 2 rings (SSSR count). The highest BCUT2D eigenvalue weighted by Gasteiger charge is 2.27. The first-order valence-electron chi connectivity index (χ1n) is 6.39. The monoisotopic (exact) mass is 269 g/mol. The first-order valence-corrected chi connectivity index (χ1v) is 6.77. The van der Waals surface area contributed by atoms with Crippen LogP contribution in [-0.4, -0.2) is 23.4 Å². The van der Waals surface area contributed by atoms with Gasteiger partial charge < -0.3 is 4.90 Å². The number of halogens is 2. The molecule has 0 radical (unpaired) electrons. The number of hydrogen-bond donors (Lipinski definition) is 0. The highest BCUT2D eigenvalue weighted by molar-refractivity contribution is 6.33. The predicted octanol–water partition coefficient (Wildman–Crippen LogP) is 3.88. The molecule has 0 aromatic heterocycles. The lowest BCUT2D eigenvalue weighted by molar-refractivity contribution is 0.0608. The van der Waals surface area contributed by atoms with Gasteiger partial charge in [-0.25, -0.2) is 4.39 Å². The predicted molar refractivity (Wildman–Crippen MR) is 70.4 cm³/mol. The fourth-order valence-corrected chi connectivity index (χ4v) is 2.76. The van der Waals surface area contributed by atoms with Crippen molar-refractivity contribution in [3.8, 4) is 0 Å². The number of rotatable bonds is 2. The molecule has 98 valence electrons. The Morgan fingerprint density at radius 1 is 1.50 bits per heavy atom. The van der Waals surface area contributed by atoms with Gasteiger partial charge in [-0.3, -0.25) is 4.79 Å². The van der Waals surface area contributed by atoms with Crippen molar-refractivity contribution in [3.05, 3.63) is 34.6 Å². The molecule has 1 fully saturated rings. The van der Waals surface area contributed by atoms with E-state index in [4.69, 9.17) is 11.6 Å². The molecular formula is C14H17ClFNO. The third kappa shape index (κ3) is 2.66. The van der Waals surface area contributed by atoms with E-state index < -0.39 is 5.82 Å². The van der Waals surface area contributed by atoms with Crippen LogP contribution in [0.3, 0.4) is 0 Å². The smallest absolute Gasteiger partial charge is 0.255 e. The van der Waals surface area contributed by atoms with Gasteiger partial charge in [-0.2, -0.15) is 0 Å². The Morgan fingerprint density at radius 2 is 2.28 bits per heavy atom. The SMILES string of the molecule is CC[C@H]1CCCCN1C(=O)c1ccc(F)cc1Cl. The minimum Gasteiger partial charge on any atom is -0.336 e. The van der Waals surface area contributed by atoms with E-state index in [0.29, 0.717) is 5.56 Å². The van der Waals surface area contributed by atoms with Crippen LogP contribution in [0.1, 0.15) is 43.0 Å². The van der Waals surface area contributed by atoms with E-state index in [9.17, 15) is 9.18 Å². The zero-order chi connectivity index (χ0) is 13.1. The molecule has 1 aromatic carbocycles. The maximum absolute atomic E-state index is 13.0. The van der Waals surface area contributed by atoms with Gasteiger partial charge in [0.25, 0.3) is 5.91 Å². The van der Waals surface area contributed by atoms with Crippen molar-refractivity contribution in [2.75, 3.05) is 6.54 Å². The van der Waals surface area contributed by atoms with Gasteiger partial charge in [0.2, 0.25) is 0 Å². The van der Waals surface area contributed by atoms with E-state index in [-0.39, 0.29) is 17.0 Å². The van der Waals surface area contributed by atoms with E-state index in [0.717, 1.165) is 25.8 Å². The Bertz CT molecular complexity index is 449. The highest BCUT2D eigenvalue weighted by Crippen LogP contribution is 2.25. The molecule has 4 heteroatoms. The molecule has 1 amide bonds. The summed E-state index contributed by atoms with van der Waals surface area (Å²) < 4.78 is 13.0. The van der Waals surface area contributed by atoms with Crippen molar-refractivity contribution in [3.63, 3.8) is 0 Å². The number of carbonyl (C=O) groups excluding carboxylic acids is 1. The number of likely N-dealkylation sites (tertiary alicyclic amines) is 1. The van der Waals surface area contributed by atoms with Gasteiger partial charge in [0.1, 0.15) is 5.82 Å². The Balaban J connectivity index is 2.24. The van der Waals surface area contributed by atoms with Crippen LogP contribution in [0.15, 0.2) is 18.2 Å². The quantitative estimate of drug-likeness (QED) is 0.798. The van der Waals surface area contributed by atoms with Crippen LogP contribution in [-0.2, 0) is 0 Å². The summed E-state index contributed by atoms with van der Waals surface area (Å²) in [6.07, 6.45) is 4.19. The second-order valence-electron chi connectivity index (χ2n) is 4.68. The summed E-state index contributed by atoms with van der Waals surface area (Å²) >= 11 is 5.95. The summed E-state index contributed by atoms with van der Waals surface area (Å²) in [7, 11) is 0. The van der Waals surface area contributed by atoms with E-state index in [1.807, 2.05) is 4.90 Å². The zero-order valence-corrected chi connectivity index (χ0v) is 11.2. The normalized spacial score (nSPS) is 19.9. The van der Waals surface area contributed by atoms with Gasteiger partial charge in [0.15, 0.2) is 0 Å². The number of piperidine rings is 1. The number of amides is 1. The standard InChI is InChI=1S/C14H17ClFNO/c1-2-11-5-3-4-8-17(11)14(18)12-7-6-10(16)9-13(12)15/h6-7,9,11H,2-5,8H2,1H3/t11-/m0/s1. The number of benzene rings is 1. The molecule has 1 aliphatic heterocycles. The van der Waals surface area contributed by atoms with E-state index >= 15 is 0 Å². The largest absolute Gasteiger partial charge is 0.336 e. The van der Waals surface area contributed by atoms with Gasteiger partial charge in [-0.15, -0.1) is 0 Å². The van der Waals surface area contributed by atoms with Crippen molar-refractivity contribution in [1.82, 2.24) is 4.90 Å². The first-order chi connectivity index (χ1) is 8.63. The van der Waals surface area contributed by atoms with Gasteiger partial charge in [-0.1, -0.05) is 18.5 Å². The summed E-state index contributed by atoms with van der Waals surface area (Å²) in [4.78, 5) is 14.3. The molecule has 0 unspecified atom stereocenters. The lowest BCUT2D eigenvalue weighted by atomic mass is 9.99. The Kier molecular flexibility index (Phi) is 4.23. The molecule has 0 saturated carbocycles. The van der Waals surface area contributed by atoms with Gasteiger partial charge in [-0.05, 0) is 43.9 Å². The average Bonchev–Trinajstić information content (AvgIpc) is 2.38. The molecule has 0 bridgehead atoms. The molecule has 0 spiro atoms. The van der Waals surface area contributed by atoms with Gasteiger partial charge in [0, 0.05) is 12.6 Å². The summed E-state index contributed by atoms with van der Waals surface area (Å²) in [5.41, 5.74) is 0.401. The van der Waals surface area contributed by atoms with Crippen molar-refractivity contribution in [2.24, 2.45) is 0 Å². The molecule has 1 saturated heterocycles. The Hall–Kier alpha value is -1.09. The number of carbonyl (C=O) groups is 1. The lowest BCUT2D eigenvalue weighted by Gasteiger charge is -2.35. The van der Waals surface area contributed by atoms with Crippen molar-refractivity contribution in [1.29, 1.82) is 0 Å². The molecular weight excluding hydrogens is 253 g/mol. The van der Waals surface area contributed by atoms with Crippen LogP contribution < -0.4 is 0 Å². The van der Waals surface area contributed by atoms with Gasteiger partial charge in [0.05, 0.1) is 10.6 Å². The van der Waals surface area contributed by atoms with Crippen LogP contribution in [0.5, 0.6) is 0 Å². The topological polar surface area (TPSA) is 20.3 Å². The molecule has 2 nitrogen and oxygen atoms in total. The van der Waals surface area contributed by atoms with Crippen LogP contribution in [0.2, 0.25) is 5.02 Å². The second-order valence-corrected chi connectivity index (χ2v) is 5.09. The van der Waals surface area contributed by atoms with E-state index in [2.05, 4.69) is 6.92 Å². The number of nitrogens with zero attached hydrogens (tertiary/aromatic N) is 1. The van der Waals surface area contributed by atoms with E-state index in [1.165, 1.54) is 24.6 Å². The first kappa shape index (κ1) is 13.3. The van der Waals surface area contributed by atoms with Crippen LogP contribution in [0, 0.1) is 5.82 Å². The summed E-state index contributed by atoms with van der Waals surface area (Å²) in [5.74, 6) is -0.492. The second kappa shape index (κ2) is 5.70. The molecule has 1 heterocycles. The van der Waals surface area contributed by atoms with Crippen molar-refractivity contribution in [2.45, 2.75) is 38.6 Å². The van der Waals surface area contributed by atoms with Gasteiger partial charge >= 0.3 is 0 Å². The Morgan fingerprint density at radius 3 is 2.94 bits per heavy atom. The zero-order valence-electron chi connectivity index (χ0n) is 10.5. The summed E-state index contributed by atoms with van der Waals surface area (Å²) in [6.45, 7) is 2.85. The molecule has 1 aliphatic rings. The minimum absolute atomic E-state index is 0.0773. The minimum atomic E-state index is -0.415.